The number of amides is 1. The normalized spacial score (nSPS) is 11.5. The van der Waals surface area contributed by atoms with Gasteiger partial charge in [-0.15, -0.1) is 0 Å². The number of aromatic amines is 1. The van der Waals surface area contributed by atoms with Gasteiger partial charge >= 0.3 is 0 Å². The van der Waals surface area contributed by atoms with E-state index >= 15 is 0 Å². The fraction of sp³-hybridized carbons (Fsp3) is 0.438. The van der Waals surface area contributed by atoms with Crippen molar-refractivity contribution in [1.82, 2.24) is 24.8 Å². The van der Waals surface area contributed by atoms with E-state index in [-0.39, 0.29) is 17.4 Å². The Bertz CT molecular complexity index is 806. The van der Waals surface area contributed by atoms with Gasteiger partial charge in [-0.2, -0.15) is 9.40 Å². The number of aromatic nitrogens is 3. The smallest absolute Gasteiger partial charge is 0.257 e. The number of H-pyrrole nitrogens is 1. The minimum atomic E-state index is -3.50. The van der Waals surface area contributed by atoms with E-state index in [1.54, 1.807) is 26.0 Å². The first-order valence-corrected chi connectivity index (χ1v) is 10.9. The number of nitrogens with zero attached hydrogens (tertiary/aromatic N) is 3. The Kier molecular flexibility index (Phi) is 8.07. The molecule has 0 spiro atoms. The van der Waals surface area contributed by atoms with Crippen LogP contribution in [0.1, 0.15) is 13.8 Å². The van der Waals surface area contributed by atoms with Gasteiger partial charge in [-0.1, -0.05) is 25.6 Å². The minimum Gasteiger partial charge on any atom is -0.484 e. The Balaban J connectivity index is 1.76. The van der Waals surface area contributed by atoms with Gasteiger partial charge in [0.05, 0.1) is 4.90 Å². The van der Waals surface area contributed by atoms with Crippen LogP contribution in [-0.4, -0.2) is 65.8 Å². The predicted octanol–water partition coefficient (Wildman–Crippen LogP) is 1.12. The first-order chi connectivity index (χ1) is 13.0. The molecule has 1 aromatic heterocycles. The maximum absolute atomic E-state index is 12.4. The molecule has 27 heavy (non-hydrogen) atoms. The van der Waals surface area contributed by atoms with Crippen LogP contribution in [-0.2, 0) is 14.8 Å². The summed E-state index contributed by atoms with van der Waals surface area (Å²) in [6, 6.07) is 6.05. The largest absolute Gasteiger partial charge is 0.484 e. The summed E-state index contributed by atoms with van der Waals surface area (Å²) >= 11 is 1.45. The van der Waals surface area contributed by atoms with Crippen LogP contribution < -0.4 is 10.1 Å². The summed E-state index contributed by atoms with van der Waals surface area (Å²) in [6.07, 6.45) is 1.42. The first kappa shape index (κ1) is 21.2. The molecule has 148 valence electrons. The van der Waals surface area contributed by atoms with Crippen LogP contribution in [0.15, 0.2) is 40.6 Å². The molecule has 2 rings (SSSR count). The quantitative estimate of drug-likeness (QED) is 0.419. The van der Waals surface area contributed by atoms with Crippen LogP contribution in [0, 0.1) is 0 Å². The summed E-state index contributed by atoms with van der Waals surface area (Å²) in [6.45, 7) is 4.73. The number of thioether (sulfide) groups is 1. The van der Waals surface area contributed by atoms with Crippen molar-refractivity contribution in [1.29, 1.82) is 0 Å². The van der Waals surface area contributed by atoms with Crippen molar-refractivity contribution in [2.45, 2.75) is 23.9 Å². The van der Waals surface area contributed by atoms with Gasteiger partial charge in [0.2, 0.25) is 10.0 Å². The van der Waals surface area contributed by atoms with Gasteiger partial charge in [-0.05, 0) is 24.3 Å². The Morgan fingerprint density at radius 1 is 1.26 bits per heavy atom. The van der Waals surface area contributed by atoms with E-state index < -0.39 is 10.0 Å². The molecule has 0 aliphatic heterocycles. The SMILES string of the molecule is CCN(CC)S(=O)(=O)c1ccc(OCC(=O)NCCSc2ncn[nH]2)cc1. The molecule has 1 aromatic carbocycles. The first-order valence-electron chi connectivity index (χ1n) is 8.45. The Morgan fingerprint density at radius 2 is 1.96 bits per heavy atom. The Morgan fingerprint density at radius 3 is 2.56 bits per heavy atom. The van der Waals surface area contributed by atoms with Gasteiger partial charge in [0.15, 0.2) is 11.8 Å². The maximum Gasteiger partial charge on any atom is 0.257 e. The highest BCUT2D eigenvalue weighted by molar-refractivity contribution is 7.99. The summed E-state index contributed by atoms with van der Waals surface area (Å²) in [5.41, 5.74) is 0. The molecule has 0 fully saturated rings. The van der Waals surface area contributed by atoms with Crippen molar-refractivity contribution in [3.05, 3.63) is 30.6 Å². The summed E-state index contributed by atoms with van der Waals surface area (Å²) < 4.78 is 31.6. The van der Waals surface area contributed by atoms with Crippen molar-refractivity contribution in [3.8, 4) is 5.75 Å². The van der Waals surface area contributed by atoms with Crippen molar-refractivity contribution in [3.63, 3.8) is 0 Å². The number of nitrogens with one attached hydrogen (secondary N) is 2. The van der Waals surface area contributed by atoms with E-state index in [2.05, 4.69) is 20.5 Å². The van der Waals surface area contributed by atoms with E-state index in [0.29, 0.717) is 36.3 Å². The number of hydrogen-bond donors (Lipinski definition) is 2. The molecule has 2 N–H and O–H groups in total. The molecular weight excluding hydrogens is 390 g/mol. The lowest BCUT2D eigenvalue weighted by Crippen LogP contribution is -2.31. The molecule has 0 saturated carbocycles. The zero-order valence-corrected chi connectivity index (χ0v) is 16.8. The fourth-order valence-corrected chi connectivity index (χ4v) is 4.32. The zero-order chi connectivity index (χ0) is 19.7. The summed E-state index contributed by atoms with van der Waals surface area (Å²) in [7, 11) is -3.50. The monoisotopic (exact) mass is 413 g/mol. The average Bonchev–Trinajstić information content (AvgIpc) is 3.18. The molecular formula is C16H23N5O4S2. The maximum atomic E-state index is 12.4. The molecule has 1 heterocycles. The van der Waals surface area contributed by atoms with Crippen molar-refractivity contribution >= 4 is 27.7 Å². The molecule has 0 bridgehead atoms. The molecule has 0 radical (unpaired) electrons. The number of ether oxygens (including phenoxy) is 1. The molecule has 0 saturated heterocycles. The highest BCUT2D eigenvalue weighted by Gasteiger charge is 2.21. The molecule has 0 aliphatic rings. The van der Waals surface area contributed by atoms with E-state index in [1.165, 1.54) is 34.5 Å². The lowest BCUT2D eigenvalue weighted by Gasteiger charge is -2.18. The van der Waals surface area contributed by atoms with E-state index in [1.807, 2.05) is 0 Å². The summed E-state index contributed by atoms with van der Waals surface area (Å²) in [5, 5.41) is 9.88. The highest BCUT2D eigenvalue weighted by atomic mass is 32.2. The molecule has 2 aromatic rings. The van der Waals surface area contributed by atoms with Gasteiger partial charge in [0, 0.05) is 25.4 Å². The average molecular weight is 414 g/mol. The van der Waals surface area contributed by atoms with E-state index in [9.17, 15) is 13.2 Å². The number of rotatable bonds is 11. The number of hydrogen-bond acceptors (Lipinski definition) is 7. The van der Waals surface area contributed by atoms with Gasteiger partial charge in [-0.25, -0.2) is 13.4 Å². The topological polar surface area (TPSA) is 117 Å². The third-order valence-electron chi connectivity index (χ3n) is 3.59. The molecule has 0 aliphatic carbocycles. The minimum absolute atomic E-state index is 0.144. The fourth-order valence-electron chi connectivity index (χ4n) is 2.22. The lowest BCUT2D eigenvalue weighted by atomic mass is 10.3. The molecule has 1 amide bonds. The highest BCUT2D eigenvalue weighted by Crippen LogP contribution is 2.19. The van der Waals surface area contributed by atoms with Crippen LogP contribution >= 0.6 is 11.8 Å². The number of carbonyl (C=O) groups excluding carboxylic acids is 1. The summed E-state index contributed by atoms with van der Waals surface area (Å²) in [5.74, 6) is 0.825. The molecule has 0 unspecified atom stereocenters. The van der Waals surface area contributed by atoms with E-state index in [0.717, 1.165) is 0 Å². The van der Waals surface area contributed by atoms with Gasteiger partial charge in [0.1, 0.15) is 12.1 Å². The molecule has 0 atom stereocenters. The number of benzene rings is 1. The van der Waals surface area contributed by atoms with Crippen LogP contribution in [0.4, 0.5) is 0 Å². The second-order valence-electron chi connectivity index (χ2n) is 5.34. The van der Waals surface area contributed by atoms with Crippen molar-refractivity contribution in [2.24, 2.45) is 0 Å². The third kappa shape index (κ3) is 6.22. The van der Waals surface area contributed by atoms with E-state index in [4.69, 9.17) is 4.74 Å². The second kappa shape index (κ2) is 10.3. The summed E-state index contributed by atoms with van der Waals surface area (Å²) in [4.78, 5) is 16.0. The van der Waals surface area contributed by atoms with Crippen molar-refractivity contribution in [2.75, 3.05) is 32.0 Å². The Labute approximate surface area is 162 Å². The predicted molar refractivity (Wildman–Crippen MR) is 102 cm³/mol. The third-order valence-corrected chi connectivity index (χ3v) is 6.54. The Hall–Kier alpha value is -2.11. The van der Waals surface area contributed by atoms with Gasteiger partial charge in [-0.3, -0.25) is 9.89 Å². The number of carbonyl (C=O) groups is 1. The zero-order valence-electron chi connectivity index (χ0n) is 15.2. The molecule has 11 heteroatoms. The van der Waals surface area contributed by atoms with Crippen LogP contribution in [0.2, 0.25) is 0 Å². The number of sulfonamides is 1. The molecule has 9 nitrogen and oxygen atoms in total. The second-order valence-corrected chi connectivity index (χ2v) is 8.36. The van der Waals surface area contributed by atoms with Crippen LogP contribution in [0.5, 0.6) is 5.75 Å². The lowest BCUT2D eigenvalue weighted by molar-refractivity contribution is -0.122. The van der Waals surface area contributed by atoms with Crippen molar-refractivity contribution < 1.29 is 17.9 Å². The van der Waals surface area contributed by atoms with Gasteiger partial charge in [0.25, 0.3) is 5.91 Å². The van der Waals surface area contributed by atoms with Crippen LogP contribution in [0.25, 0.3) is 0 Å². The van der Waals surface area contributed by atoms with Crippen LogP contribution in [0.3, 0.4) is 0 Å². The van der Waals surface area contributed by atoms with Gasteiger partial charge < -0.3 is 10.1 Å². The standard InChI is InChI=1S/C16H23N5O4S2/c1-3-21(4-2)27(23,24)14-7-5-13(6-8-14)25-11-15(22)17-9-10-26-16-18-12-19-20-16/h5-8,12H,3-4,9-11H2,1-2H3,(H,17,22)(H,18,19,20).